The van der Waals surface area contributed by atoms with Crippen molar-refractivity contribution < 1.29 is 9.53 Å². The zero-order valence-corrected chi connectivity index (χ0v) is 15.1. The Morgan fingerprint density at radius 3 is 2.80 bits per heavy atom. The van der Waals surface area contributed by atoms with Gasteiger partial charge >= 0.3 is 5.97 Å². The molecular weight excluding hydrogens is 338 g/mol. The lowest BCUT2D eigenvalue weighted by Crippen LogP contribution is -2.20. The Hall–Kier alpha value is -2.67. The van der Waals surface area contributed by atoms with E-state index in [9.17, 15) is 9.59 Å². The lowest BCUT2D eigenvalue weighted by molar-refractivity contribution is 0.0524. The number of nitrogens with one attached hydrogen (secondary N) is 1. The van der Waals surface area contributed by atoms with Gasteiger partial charge in [0.05, 0.1) is 17.8 Å². The van der Waals surface area contributed by atoms with Gasteiger partial charge < -0.3 is 14.6 Å². The van der Waals surface area contributed by atoms with Gasteiger partial charge in [-0.15, -0.1) is 11.3 Å². The Morgan fingerprint density at radius 1 is 1.36 bits per heavy atom. The van der Waals surface area contributed by atoms with Crippen LogP contribution in [0.2, 0.25) is 0 Å². The number of carbonyl (C=O) groups is 1. The van der Waals surface area contributed by atoms with E-state index in [1.165, 1.54) is 11.3 Å². The monoisotopic (exact) mass is 357 g/mol. The van der Waals surface area contributed by atoms with Crippen LogP contribution in [-0.2, 0) is 11.3 Å². The van der Waals surface area contributed by atoms with E-state index >= 15 is 0 Å². The van der Waals surface area contributed by atoms with E-state index in [1.54, 1.807) is 19.2 Å². The predicted molar refractivity (Wildman–Crippen MR) is 100 cm³/mol. The second kappa shape index (κ2) is 7.06. The van der Waals surface area contributed by atoms with E-state index < -0.39 is 5.97 Å². The third-order valence-corrected chi connectivity index (χ3v) is 4.79. The first-order valence-corrected chi connectivity index (χ1v) is 8.95. The summed E-state index contributed by atoms with van der Waals surface area (Å²) in [6.07, 6.45) is 1.58. The van der Waals surface area contributed by atoms with E-state index in [0.717, 1.165) is 21.9 Å². The number of rotatable bonds is 5. The normalized spacial score (nSPS) is 10.8. The smallest absolute Gasteiger partial charge is 0.343 e. The summed E-state index contributed by atoms with van der Waals surface area (Å²) < 4.78 is 6.88. The van der Waals surface area contributed by atoms with Gasteiger partial charge in [0.25, 0.3) is 0 Å². The molecular formula is C18H19N3O3S. The Morgan fingerprint density at radius 2 is 2.16 bits per heavy atom. The Bertz CT molecular complexity index is 991. The molecule has 0 amide bonds. The first kappa shape index (κ1) is 17.2. The quantitative estimate of drug-likeness (QED) is 0.709. The molecule has 0 aliphatic heterocycles. The second-order valence-corrected chi connectivity index (χ2v) is 6.26. The molecule has 130 valence electrons. The average Bonchev–Trinajstić information content (AvgIpc) is 3.11. The molecule has 0 saturated carbocycles. The van der Waals surface area contributed by atoms with Crippen molar-refractivity contribution in [3.05, 3.63) is 45.6 Å². The highest BCUT2D eigenvalue weighted by Crippen LogP contribution is 2.27. The molecule has 0 aliphatic rings. The number of pyridine rings is 1. The first-order valence-electron chi connectivity index (χ1n) is 8.07. The van der Waals surface area contributed by atoms with E-state index in [4.69, 9.17) is 4.74 Å². The van der Waals surface area contributed by atoms with Gasteiger partial charge in [-0.2, -0.15) is 0 Å². The number of thiazole rings is 1. The molecule has 3 aromatic rings. The summed E-state index contributed by atoms with van der Waals surface area (Å²) in [5, 5.41) is 6.32. The number of anilines is 1. The van der Waals surface area contributed by atoms with Crippen molar-refractivity contribution in [1.29, 1.82) is 0 Å². The molecule has 0 saturated heterocycles. The molecule has 0 spiro atoms. The van der Waals surface area contributed by atoms with Gasteiger partial charge in [-0.1, -0.05) is 6.07 Å². The Labute approximate surface area is 149 Å². The lowest BCUT2D eigenvalue weighted by atomic mass is 10.1. The van der Waals surface area contributed by atoms with Crippen LogP contribution in [0, 0.1) is 0 Å². The molecule has 0 atom stereocenters. The number of esters is 1. The highest BCUT2D eigenvalue weighted by atomic mass is 32.1. The molecule has 25 heavy (non-hydrogen) atoms. The van der Waals surface area contributed by atoms with Crippen LogP contribution in [-0.4, -0.2) is 29.2 Å². The van der Waals surface area contributed by atoms with Crippen LogP contribution in [0.25, 0.3) is 22.2 Å². The molecule has 3 rings (SSSR count). The maximum absolute atomic E-state index is 12.7. The molecule has 1 N–H and O–H groups in total. The molecule has 0 unspecified atom stereocenters. The largest absolute Gasteiger partial charge is 0.462 e. The van der Waals surface area contributed by atoms with Crippen molar-refractivity contribution in [3.8, 4) is 11.3 Å². The minimum Gasteiger partial charge on any atom is -0.462 e. The van der Waals surface area contributed by atoms with Crippen molar-refractivity contribution >= 4 is 33.3 Å². The maximum Gasteiger partial charge on any atom is 0.343 e. The number of aryl methyl sites for hydroxylation is 1. The van der Waals surface area contributed by atoms with Gasteiger partial charge in [-0.05, 0) is 26.0 Å². The summed E-state index contributed by atoms with van der Waals surface area (Å²) in [6.45, 7) is 4.55. The van der Waals surface area contributed by atoms with Crippen LogP contribution in [0.1, 0.15) is 24.2 Å². The molecule has 2 heterocycles. The summed E-state index contributed by atoms with van der Waals surface area (Å²) in [5.41, 5.74) is 2.31. The topological polar surface area (TPSA) is 73.2 Å². The van der Waals surface area contributed by atoms with Gasteiger partial charge in [0.2, 0.25) is 5.43 Å². The summed E-state index contributed by atoms with van der Waals surface area (Å²) in [4.78, 5) is 29.2. The van der Waals surface area contributed by atoms with Crippen LogP contribution in [0.3, 0.4) is 0 Å². The minimum absolute atomic E-state index is 0.0649. The molecule has 1 aromatic carbocycles. The summed E-state index contributed by atoms with van der Waals surface area (Å²) in [7, 11) is 1.83. The predicted octanol–water partition coefficient (Wildman–Crippen LogP) is 3.36. The van der Waals surface area contributed by atoms with E-state index in [1.807, 2.05) is 36.1 Å². The fourth-order valence-electron chi connectivity index (χ4n) is 2.69. The van der Waals surface area contributed by atoms with Crippen molar-refractivity contribution in [2.75, 3.05) is 19.0 Å². The molecule has 0 bridgehead atoms. The highest BCUT2D eigenvalue weighted by molar-refractivity contribution is 7.14. The molecule has 0 radical (unpaired) electrons. The number of ether oxygens (including phenoxy) is 1. The first-order chi connectivity index (χ1) is 12.1. The van der Waals surface area contributed by atoms with Gasteiger partial charge in [-0.3, -0.25) is 4.79 Å². The van der Waals surface area contributed by atoms with E-state index in [2.05, 4.69) is 10.3 Å². The van der Waals surface area contributed by atoms with Gasteiger partial charge in [0.1, 0.15) is 5.56 Å². The van der Waals surface area contributed by atoms with Gasteiger partial charge in [0, 0.05) is 36.1 Å². The molecule has 0 aliphatic carbocycles. The average molecular weight is 357 g/mol. The van der Waals surface area contributed by atoms with Crippen LogP contribution >= 0.6 is 11.3 Å². The SMILES string of the molecule is CCOC(=O)c1cn(CC)c2cc(-c3csc(NC)n3)ccc2c1=O. The number of benzene rings is 1. The van der Waals surface area contributed by atoms with Crippen LogP contribution in [0.5, 0.6) is 0 Å². The van der Waals surface area contributed by atoms with E-state index in [0.29, 0.717) is 11.9 Å². The van der Waals surface area contributed by atoms with Crippen molar-refractivity contribution in [2.24, 2.45) is 0 Å². The summed E-state index contributed by atoms with van der Waals surface area (Å²) in [6, 6.07) is 5.54. The summed E-state index contributed by atoms with van der Waals surface area (Å²) in [5.74, 6) is -0.584. The maximum atomic E-state index is 12.7. The molecule has 0 fully saturated rings. The lowest BCUT2D eigenvalue weighted by Gasteiger charge is -2.12. The molecule has 6 nitrogen and oxygen atoms in total. The fourth-order valence-corrected chi connectivity index (χ4v) is 3.37. The Balaban J connectivity index is 2.18. The summed E-state index contributed by atoms with van der Waals surface area (Å²) >= 11 is 1.52. The zero-order chi connectivity index (χ0) is 18.0. The number of hydrogen-bond acceptors (Lipinski definition) is 6. The van der Waals surface area contributed by atoms with Crippen molar-refractivity contribution in [1.82, 2.24) is 9.55 Å². The highest BCUT2D eigenvalue weighted by Gasteiger charge is 2.17. The third-order valence-electron chi connectivity index (χ3n) is 3.93. The van der Waals surface area contributed by atoms with Crippen LogP contribution < -0.4 is 10.7 Å². The van der Waals surface area contributed by atoms with Crippen LogP contribution in [0.4, 0.5) is 5.13 Å². The number of aromatic nitrogens is 2. The number of hydrogen-bond donors (Lipinski definition) is 1. The van der Waals surface area contributed by atoms with Gasteiger partial charge in [-0.25, -0.2) is 9.78 Å². The van der Waals surface area contributed by atoms with Crippen molar-refractivity contribution in [3.63, 3.8) is 0 Å². The Kier molecular flexibility index (Phi) is 4.85. The number of nitrogens with zero attached hydrogens (tertiary/aromatic N) is 2. The van der Waals surface area contributed by atoms with Gasteiger partial charge in [0.15, 0.2) is 5.13 Å². The minimum atomic E-state index is -0.584. The van der Waals surface area contributed by atoms with Crippen LogP contribution in [0.15, 0.2) is 34.6 Å². The standard InChI is InChI=1S/C18H19N3O3S/c1-4-21-9-13(17(23)24-5-2)16(22)12-7-6-11(8-15(12)21)14-10-25-18(19-3)20-14/h6-10H,4-5H2,1-3H3,(H,19,20). The second-order valence-electron chi connectivity index (χ2n) is 5.40. The molecule has 7 heteroatoms. The van der Waals surface area contributed by atoms with Crippen molar-refractivity contribution in [2.45, 2.75) is 20.4 Å². The zero-order valence-electron chi connectivity index (χ0n) is 14.3. The number of fused-ring (bicyclic) bond motifs is 1. The number of carbonyl (C=O) groups excluding carboxylic acids is 1. The fraction of sp³-hybridized carbons (Fsp3) is 0.278. The molecule has 2 aromatic heterocycles. The van der Waals surface area contributed by atoms with E-state index in [-0.39, 0.29) is 17.6 Å². The third kappa shape index (κ3) is 3.15.